The number of rotatable bonds is 6. The summed E-state index contributed by atoms with van der Waals surface area (Å²) < 4.78 is 7.04. The van der Waals surface area contributed by atoms with E-state index in [1.807, 2.05) is 56.4 Å². The van der Waals surface area contributed by atoms with Crippen LogP contribution in [-0.4, -0.2) is 16.0 Å². The number of aromatic nitrogens is 2. The highest BCUT2D eigenvalue weighted by Gasteiger charge is 2.07. The molecule has 2 aromatic heterocycles. The second-order valence-electron chi connectivity index (χ2n) is 6.13. The van der Waals surface area contributed by atoms with E-state index in [0.717, 1.165) is 22.6 Å². The topological polar surface area (TPSA) is 55.6 Å². The van der Waals surface area contributed by atoms with E-state index in [4.69, 9.17) is 4.74 Å². The predicted molar refractivity (Wildman–Crippen MR) is 99.1 cm³/mol. The first-order valence-corrected chi connectivity index (χ1v) is 8.52. The average Bonchev–Trinajstić information content (AvgIpc) is 2.61. The first kappa shape index (κ1) is 17.2. The fourth-order valence-corrected chi connectivity index (χ4v) is 2.74. The molecule has 25 heavy (non-hydrogen) atoms. The fourth-order valence-electron chi connectivity index (χ4n) is 2.74. The van der Waals surface area contributed by atoms with E-state index in [-0.39, 0.29) is 11.6 Å². The van der Waals surface area contributed by atoms with Crippen molar-refractivity contribution >= 4 is 5.65 Å². The van der Waals surface area contributed by atoms with Crippen molar-refractivity contribution in [2.75, 3.05) is 6.61 Å². The maximum Gasteiger partial charge on any atom is 0.258 e. The zero-order valence-electron chi connectivity index (χ0n) is 14.8. The molecule has 1 N–H and O–H groups in total. The Labute approximate surface area is 147 Å². The number of pyridine rings is 1. The molecule has 1 atom stereocenters. The van der Waals surface area contributed by atoms with Gasteiger partial charge in [0.15, 0.2) is 0 Å². The molecule has 130 valence electrons. The molecule has 5 nitrogen and oxygen atoms in total. The van der Waals surface area contributed by atoms with Gasteiger partial charge in [0.25, 0.3) is 5.56 Å². The number of ether oxygens (including phenoxy) is 1. The molecule has 0 saturated carbocycles. The van der Waals surface area contributed by atoms with Crippen LogP contribution >= 0.6 is 0 Å². The van der Waals surface area contributed by atoms with Crippen LogP contribution in [0.3, 0.4) is 0 Å². The van der Waals surface area contributed by atoms with E-state index in [0.29, 0.717) is 18.8 Å². The minimum Gasteiger partial charge on any atom is -0.494 e. The Kier molecular flexibility index (Phi) is 5.14. The van der Waals surface area contributed by atoms with E-state index < -0.39 is 0 Å². The molecule has 0 radical (unpaired) electrons. The summed E-state index contributed by atoms with van der Waals surface area (Å²) >= 11 is 0. The van der Waals surface area contributed by atoms with Crippen LogP contribution in [0.25, 0.3) is 5.65 Å². The van der Waals surface area contributed by atoms with Gasteiger partial charge in [0.1, 0.15) is 11.4 Å². The highest BCUT2D eigenvalue weighted by atomic mass is 16.5. The lowest BCUT2D eigenvalue weighted by atomic mass is 10.1. The Bertz CT molecular complexity index is 916. The molecule has 2 heterocycles. The highest BCUT2D eigenvalue weighted by molar-refractivity contribution is 5.40. The molecule has 0 saturated heterocycles. The minimum absolute atomic E-state index is 0.0563. The summed E-state index contributed by atoms with van der Waals surface area (Å²) in [5.41, 5.74) is 3.55. The van der Waals surface area contributed by atoms with Crippen molar-refractivity contribution < 1.29 is 4.74 Å². The van der Waals surface area contributed by atoms with Gasteiger partial charge in [-0.1, -0.05) is 18.2 Å². The van der Waals surface area contributed by atoms with Gasteiger partial charge in [0, 0.05) is 24.8 Å². The maximum atomic E-state index is 12.2. The number of benzene rings is 1. The molecule has 3 aromatic rings. The van der Waals surface area contributed by atoms with Gasteiger partial charge >= 0.3 is 0 Å². The molecule has 0 fully saturated rings. The van der Waals surface area contributed by atoms with Crippen LogP contribution < -0.4 is 15.6 Å². The lowest BCUT2D eigenvalue weighted by Crippen LogP contribution is -2.22. The van der Waals surface area contributed by atoms with Gasteiger partial charge in [0.2, 0.25) is 0 Å². The van der Waals surface area contributed by atoms with Crippen molar-refractivity contribution in [3.63, 3.8) is 0 Å². The minimum atomic E-state index is -0.0563. The molecule has 0 aliphatic rings. The summed E-state index contributed by atoms with van der Waals surface area (Å²) in [7, 11) is 0. The Balaban J connectivity index is 1.71. The Morgan fingerprint density at radius 2 is 1.96 bits per heavy atom. The molecular formula is C20H23N3O2. The summed E-state index contributed by atoms with van der Waals surface area (Å²) in [6, 6.07) is 13.6. The van der Waals surface area contributed by atoms with Crippen molar-refractivity contribution in [3.8, 4) is 5.75 Å². The molecule has 0 bridgehead atoms. The second kappa shape index (κ2) is 7.49. The van der Waals surface area contributed by atoms with Crippen LogP contribution in [0.4, 0.5) is 0 Å². The van der Waals surface area contributed by atoms with E-state index in [1.165, 1.54) is 0 Å². The van der Waals surface area contributed by atoms with E-state index >= 15 is 0 Å². The smallest absolute Gasteiger partial charge is 0.258 e. The highest BCUT2D eigenvalue weighted by Crippen LogP contribution is 2.18. The zero-order valence-corrected chi connectivity index (χ0v) is 14.8. The van der Waals surface area contributed by atoms with Crippen LogP contribution in [-0.2, 0) is 6.54 Å². The SMILES string of the molecule is CCOc1ccc(C(C)NCc2cc(=O)n3cc(C)ccc3n2)cc1. The number of hydrogen-bond acceptors (Lipinski definition) is 4. The third-order valence-electron chi connectivity index (χ3n) is 4.14. The van der Waals surface area contributed by atoms with Gasteiger partial charge < -0.3 is 10.1 Å². The largest absolute Gasteiger partial charge is 0.494 e. The quantitative estimate of drug-likeness (QED) is 0.750. The number of nitrogens with one attached hydrogen (secondary N) is 1. The van der Waals surface area contributed by atoms with Crippen molar-refractivity contribution in [1.29, 1.82) is 0 Å². The molecule has 5 heteroatoms. The third kappa shape index (κ3) is 4.06. The van der Waals surface area contributed by atoms with Crippen LogP contribution in [0.15, 0.2) is 53.5 Å². The van der Waals surface area contributed by atoms with Crippen LogP contribution in [0.5, 0.6) is 5.75 Å². The van der Waals surface area contributed by atoms with E-state index in [1.54, 1.807) is 10.5 Å². The maximum absolute atomic E-state index is 12.2. The van der Waals surface area contributed by atoms with Crippen LogP contribution in [0.2, 0.25) is 0 Å². The lowest BCUT2D eigenvalue weighted by Gasteiger charge is -2.15. The summed E-state index contributed by atoms with van der Waals surface area (Å²) in [6.45, 7) is 7.22. The number of nitrogens with zero attached hydrogens (tertiary/aromatic N) is 2. The summed E-state index contributed by atoms with van der Waals surface area (Å²) in [5.74, 6) is 0.873. The normalized spacial score (nSPS) is 12.3. The number of hydrogen-bond donors (Lipinski definition) is 1. The standard InChI is InChI=1S/C20H23N3O2/c1-4-25-18-8-6-16(7-9-18)15(3)21-12-17-11-20(24)23-13-14(2)5-10-19(23)22-17/h5-11,13,15,21H,4,12H2,1-3H3. The van der Waals surface area contributed by atoms with E-state index in [2.05, 4.69) is 17.2 Å². The molecule has 1 unspecified atom stereocenters. The average molecular weight is 337 g/mol. The molecule has 1 aromatic carbocycles. The zero-order chi connectivity index (χ0) is 17.8. The molecule has 0 aliphatic carbocycles. The molecule has 0 amide bonds. The van der Waals surface area contributed by atoms with Gasteiger partial charge in [-0.2, -0.15) is 0 Å². The van der Waals surface area contributed by atoms with Crippen molar-refractivity contribution in [2.24, 2.45) is 0 Å². The predicted octanol–water partition coefficient (Wildman–Crippen LogP) is 3.25. The molecule has 3 rings (SSSR count). The van der Waals surface area contributed by atoms with E-state index in [9.17, 15) is 4.79 Å². The van der Waals surface area contributed by atoms with Gasteiger partial charge in [-0.05, 0) is 50.1 Å². The first-order chi connectivity index (χ1) is 12.1. The molecular weight excluding hydrogens is 314 g/mol. The second-order valence-corrected chi connectivity index (χ2v) is 6.13. The van der Waals surface area contributed by atoms with Crippen LogP contribution in [0, 0.1) is 6.92 Å². The monoisotopic (exact) mass is 337 g/mol. The fraction of sp³-hybridized carbons (Fsp3) is 0.300. The van der Waals surface area contributed by atoms with Crippen molar-refractivity contribution in [1.82, 2.24) is 14.7 Å². The molecule has 0 aliphatic heterocycles. The third-order valence-corrected chi connectivity index (χ3v) is 4.14. The van der Waals surface area contributed by atoms with Crippen LogP contribution in [0.1, 0.15) is 36.7 Å². The lowest BCUT2D eigenvalue weighted by molar-refractivity contribution is 0.340. The summed E-state index contributed by atoms with van der Waals surface area (Å²) in [5, 5.41) is 3.42. The number of aryl methyl sites for hydroxylation is 1. The van der Waals surface area contributed by atoms with Gasteiger partial charge in [-0.3, -0.25) is 9.20 Å². The molecule has 0 spiro atoms. The van der Waals surface area contributed by atoms with Gasteiger partial charge in [-0.15, -0.1) is 0 Å². The Hall–Kier alpha value is -2.66. The Morgan fingerprint density at radius 3 is 2.68 bits per heavy atom. The first-order valence-electron chi connectivity index (χ1n) is 8.52. The van der Waals surface area contributed by atoms with Gasteiger partial charge in [0.05, 0.1) is 12.3 Å². The van der Waals surface area contributed by atoms with Gasteiger partial charge in [-0.25, -0.2) is 4.98 Å². The Morgan fingerprint density at radius 1 is 1.20 bits per heavy atom. The number of fused-ring (bicyclic) bond motifs is 1. The summed E-state index contributed by atoms with van der Waals surface area (Å²) in [6.07, 6.45) is 1.81. The van der Waals surface area contributed by atoms with Crippen molar-refractivity contribution in [2.45, 2.75) is 33.4 Å². The summed E-state index contributed by atoms with van der Waals surface area (Å²) in [4.78, 5) is 16.8. The van der Waals surface area contributed by atoms with Crippen molar-refractivity contribution in [3.05, 3.63) is 75.8 Å².